The molecular weight excluding hydrogens is 354 g/mol. The highest BCUT2D eigenvalue weighted by atomic mass is 16.5. The maximum atomic E-state index is 13.1. The van der Waals surface area contributed by atoms with Gasteiger partial charge in [-0.1, -0.05) is 24.3 Å². The molecule has 2 heterocycles. The fourth-order valence-electron chi connectivity index (χ4n) is 4.46. The number of ether oxygens (including phenoxy) is 3. The van der Waals surface area contributed by atoms with Gasteiger partial charge in [-0.05, 0) is 49.9 Å². The summed E-state index contributed by atoms with van der Waals surface area (Å²) in [5.74, 6) is 1.56. The fraction of sp³-hybridized carbons (Fsp3) is 0.435. The highest BCUT2D eigenvalue weighted by molar-refractivity contribution is 5.97. The average molecular weight is 381 g/mol. The van der Waals surface area contributed by atoms with Crippen LogP contribution in [-0.2, 0) is 16.8 Å². The third-order valence-corrected chi connectivity index (χ3v) is 5.81. The number of rotatable bonds is 4. The number of likely N-dealkylation sites (tertiary alicyclic amines) is 1. The van der Waals surface area contributed by atoms with E-state index in [2.05, 4.69) is 6.07 Å². The molecule has 0 unspecified atom stereocenters. The molecule has 0 radical (unpaired) electrons. The van der Waals surface area contributed by atoms with E-state index in [-0.39, 0.29) is 11.5 Å². The molecule has 0 bridgehead atoms. The molecule has 5 heteroatoms. The molecule has 1 fully saturated rings. The molecule has 0 aromatic heterocycles. The Morgan fingerprint density at radius 2 is 1.86 bits per heavy atom. The van der Waals surface area contributed by atoms with Crippen molar-refractivity contribution in [2.75, 3.05) is 33.4 Å². The second kappa shape index (κ2) is 7.84. The minimum absolute atomic E-state index is 0.0231. The first-order valence-electron chi connectivity index (χ1n) is 10.00. The van der Waals surface area contributed by atoms with Gasteiger partial charge in [0.1, 0.15) is 17.1 Å². The molecule has 148 valence electrons. The van der Waals surface area contributed by atoms with E-state index in [4.69, 9.17) is 14.2 Å². The Balaban J connectivity index is 1.56. The third-order valence-electron chi connectivity index (χ3n) is 5.81. The lowest BCUT2D eigenvalue weighted by Gasteiger charge is -2.45. The number of nitrogens with zero attached hydrogens (tertiary/aromatic N) is 1. The van der Waals surface area contributed by atoms with Gasteiger partial charge in [-0.15, -0.1) is 0 Å². The molecule has 28 heavy (non-hydrogen) atoms. The fourth-order valence-corrected chi connectivity index (χ4v) is 4.46. The van der Waals surface area contributed by atoms with Gasteiger partial charge < -0.3 is 19.1 Å². The number of piperidine rings is 1. The molecule has 1 saturated heterocycles. The first kappa shape index (κ1) is 18.8. The SMILES string of the molecule is CCOc1ccccc1C(=O)N1CCC2(CC1)OCCc1cccc(OC)c12. The molecule has 0 N–H and O–H groups in total. The van der Waals surface area contributed by atoms with Crippen molar-refractivity contribution in [2.45, 2.75) is 31.8 Å². The number of amides is 1. The maximum Gasteiger partial charge on any atom is 0.257 e. The highest BCUT2D eigenvalue weighted by Gasteiger charge is 2.43. The molecule has 2 aliphatic rings. The number of fused-ring (bicyclic) bond motifs is 2. The molecule has 1 spiro atoms. The number of carbonyl (C=O) groups is 1. The van der Waals surface area contributed by atoms with Crippen molar-refractivity contribution in [2.24, 2.45) is 0 Å². The van der Waals surface area contributed by atoms with Gasteiger partial charge in [0.05, 0.1) is 25.9 Å². The summed E-state index contributed by atoms with van der Waals surface area (Å²) in [6.45, 7) is 4.48. The smallest absolute Gasteiger partial charge is 0.257 e. The molecule has 2 aromatic carbocycles. The third kappa shape index (κ3) is 3.24. The van der Waals surface area contributed by atoms with Crippen molar-refractivity contribution in [3.05, 3.63) is 59.2 Å². The molecule has 1 amide bonds. The van der Waals surface area contributed by atoms with Gasteiger partial charge in [-0.3, -0.25) is 4.79 Å². The summed E-state index contributed by atoms with van der Waals surface area (Å²) in [5.41, 5.74) is 2.73. The maximum absolute atomic E-state index is 13.1. The molecule has 0 saturated carbocycles. The lowest BCUT2D eigenvalue weighted by atomic mass is 9.78. The Labute approximate surface area is 166 Å². The number of hydrogen-bond donors (Lipinski definition) is 0. The molecule has 2 aliphatic heterocycles. The Bertz CT molecular complexity index is 841. The van der Waals surface area contributed by atoms with Crippen LogP contribution in [0.15, 0.2) is 42.5 Å². The van der Waals surface area contributed by atoms with Gasteiger partial charge in [0.15, 0.2) is 0 Å². The summed E-state index contributed by atoms with van der Waals surface area (Å²) in [5, 5.41) is 0. The Morgan fingerprint density at radius 1 is 1.11 bits per heavy atom. The van der Waals surface area contributed by atoms with Crippen LogP contribution in [0.5, 0.6) is 11.5 Å². The number of methoxy groups -OCH3 is 1. The number of benzene rings is 2. The van der Waals surface area contributed by atoms with Gasteiger partial charge in [-0.2, -0.15) is 0 Å². The molecule has 2 aromatic rings. The first-order valence-corrected chi connectivity index (χ1v) is 10.00. The Kier molecular flexibility index (Phi) is 5.27. The summed E-state index contributed by atoms with van der Waals surface area (Å²) < 4.78 is 17.6. The Hall–Kier alpha value is -2.53. The standard InChI is InChI=1S/C23H27NO4/c1-3-27-19-9-5-4-8-18(19)22(25)24-14-12-23(13-15-24)21-17(11-16-28-23)7-6-10-20(21)26-2/h4-10H,3,11-16H2,1-2H3. The van der Waals surface area contributed by atoms with E-state index in [0.29, 0.717) is 37.6 Å². The Morgan fingerprint density at radius 3 is 2.61 bits per heavy atom. The lowest BCUT2D eigenvalue weighted by Crippen LogP contribution is -2.48. The van der Waals surface area contributed by atoms with Gasteiger partial charge in [0, 0.05) is 18.7 Å². The van der Waals surface area contributed by atoms with Crippen molar-refractivity contribution >= 4 is 5.91 Å². The van der Waals surface area contributed by atoms with E-state index in [1.165, 1.54) is 11.1 Å². The largest absolute Gasteiger partial charge is 0.496 e. The highest BCUT2D eigenvalue weighted by Crippen LogP contribution is 2.46. The zero-order chi connectivity index (χ0) is 19.6. The predicted octanol–water partition coefficient (Wildman–Crippen LogP) is 3.80. The van der Waals surface area contributed by atoms with Gasteiger partial charge in [0.25, 0.3) is 5.91 Å². The average Bonchev–Trinajstić information content (AvgIpc) is 2.74. The number of hydrogen-bond acceptors (Lipinski definition) is 4. The van der Waals surface area contributed by atoms with Crippen LogP contribution in [0.2, 0.25) is 0 Å². The van der Waals surface area contributed by atoms with Crippen molar-refractivity contribution in [1.82, 2.24) is 4.90 Å². The topological polar surface area (TPSA) is 48.0 Å². The van der Waals surface area contributed by atoms with Crippen molar-refractivity contribution in [1.29, 1.82) is 0 Å². The van der Waals surface area contributed by atoms with Crippen molar-refractivity contribution in [3.8, 4) is 11.5 Å². The summed E-state index contributed by atoms with van der Waals surface area (Å²) >= 11 is 0. The van der Waals surface area contributed by atoms with E-state index in [0.717, 1.165) is 25.0 Å². The monoisotopic (exact) mass is 381 g/mol. The second-order valence-corrected chi connectivity index (χ2v) is 7.31. The van der Waals surface area contributed by atoms with Crippen LogP contribution >= 0.6 is 0 Å². The van der Waals surface area contributed by atoms with Crippen LogP contribution in [0.3, 0.4) is 0 Å². The van der Waals surface area contributed by atoms with E-state index >= 15 is 0 Å². The lowest BCUT2D eigenvalue weighted by molar-refractivity contribution is -0.0946. The van der Waals surface area contributed by atoms with Crippen molar-refractivity contribution in [3.63, 3.8) is 0 Å². The predicted molar refractivity (Wildman–Crippen MR) is 107 cm³/mol. The summed E-state index contributed by atoms with van der Waals surface area (Å²) in [6.07, 6.45) is 2.44. The van der Waals surface area contributed by atoms with E-state index in [9.17, 15) is 4.79 Å². The minimum Gasteiger partial charge on any atom is -0.496 e. The van der Waals surface area contributed by atoms with Gasteiger partial charge in [-0.25, -0.2) is 0 Å². The normalized spacial score (nSPS) is 17.9. The quantitative estimate of drug-likeness (QED) is 0.808. The second-order valence-electron chi connectivity index (χ2n) is 7.31. The zero-order valence-electron chi connectivity index (χ0n) is 16.6. The first-order chi connectivity index (χ1) is 13.7. The summed E-state index contributed by atoms with van der Waals surface area (Å²) in [7, 11) is 1.71. The van der Waals surface area contributed by atoms with Crippen LogP contribution < -0.4 is 9.47 Å². The van der Waals surface area contributed by atoms with Crippen molar-refractivity contribution < 1.29 is 19.0 Å². The van der Waals surface area contributed by atoms with Crippen LogP contribution in [0.1, 0.15) is 41.3 Å². The van der Waals surface area contributed by atoms with Crippen LogP contribution in [0, 0.1) is 0 Å². The minimum atomic E-state index is -0.365. The molecular formula is C23H27NO4. The van der Waals surface area contributed by atoms with Crippen LogP contribution in [0.25, 0.3) is 0 Å². The number of carbonyl (C=O) groups excluding carboxylic acids is 1. The van der Waals surface area contributed by atoms with Crippen LogP contribution in [-0.4, -0.2) is 44.2 Å². The zero-order valence-corrected chi connectivity index (χ0v) is 16.6. The molecule has 5 nitrogen and oxygen atoms in total. The van der Waals surface area contributed by atoms with Gasteiger partial charge in [0.2, 0.25) is 0 Å². The number of para-hydroxylation sites is 1. The molecule has 0 atom stereocenters. The molecule has 4 rings (SSSR count). The van der Waals surface area contributed by atoms with E-state index < -0.39 is 0 Å². The van der Waals surface area contributed by atoms with Crippen LogP contribution in [0.4, 0.5) is 0 Å². The van der Waals surface area contributed by atoms with E-state index in [1.807, 2.05) is 48.2 Å². The van der Waals surface area contributed by atoms with Gasteiger partial charge >= 0.3 is 0 Å². The summed E-state index contributed by atoms with van der Waals surface area (Å²) in [4.78, 5) is 15.0. The molecule has 0 aliphatic carbocycles. The van der Waals surface area contributed by atoms with E-state index in [1.54, 1.807) is 7.11 Å². The summed E-state index contributed by atoms with van der Waals surface area (Å²) in [6, 6.07) is 13.7.